The minimum absolute atomic E-state index is 0.0856. The Kier molecular flexibility index (Phi) is 8.27. The van der Waals surface area contributed by atoms with E-state index in [-0.39, 0.29) is 34.5 Å². The van der Waals surface area contributed by atoms with E-state index in [4.69, 9.17) is 4.55 Å². The Morgan fingerprint density at radius 1 is 0.737 bits per heavy atom. The third kappa shape index (κ3) is 5.59. The Bertz CT molecular complexity index is 1560. The van der Waals surface area contributed by atoms with Gasteiger partial charge in [-0.05, 0) is 42.1 Å². The van der Waals surface area contributed by atoms with Crippen molar-refractivity contribution in [2.45, 2.75) is 37.0 Å². The van der Waals surface area contributed by atoms with Crippen molar-refractivity contribution >= 4 is 41.9 Å². The topological polar surface area (TPSA) is 135 Å². The SMILES string of the molecule is O=S(=O)(O)c1ccccc1S(=O)(=O)NS(=O)(=O)C(F)(F)C(F)(F)C(F)(F)C(F)(F)Sc1cc(F)ccc1F. The second-order valence-corrected chi connectivity index (χ2v) is 13.1. The summed E-state index contributed by atoms with van der Waals surface area (Å²) in [5.74, 6) is -18.5. The second kappa shape index (κ2) is 9.80. The molecule has 2 aromatic carbocycles. The van der Waals surface area contributed by atoms with E-state index in [0.717, 1.165) is 6.07 Å². The fourth-order valence-corrected chi connectivity index (χ4v) is 7.50. The summed E-state index contributed by atoms with van der Waals surface area (Å²) in [4.78, 5) is -5.30. The van der Waals surface area contributed by atoms with E-state index >= 15 is 0 Å². The molecule has 2 rings (SSSR count). The maximum absolute atomic E-state index is 14.3. The average Bonchev–Trinajstić information content (AvgIpc) is 2.74. The first-order valence-corrected chi connectivity index (χ1v) is 14.0. The molecule has 0 bridgehead atoms. The summed E-state index contributed by atoms with van der Waals surface area (Å²) in [7, 11) is -19.4. The predicted molar refractivity (Wildman–Crippen MR) is 108 cm³/mol. The number of benzene rings is 2. The fourth-order valence-electron chi connectivity index (χ4n) is 2.42. The molecular weight excluding hydrogens is 636 g/mol. The van der Waals surface area contributed by atoms with Crippen molar-refractivity contribution in [3.63, 3.8) is 0 Å². The molecule has 38 heavy (non-hydrogen) atoms. The lowest BCUT2D eigenvalue weighted by atomic mass is 10.2. The summed E-state index contributed by atoms with van der Waals surface area (Å²) in [5, 5.41) is -13.9. The van der Waals surface area contributed by atoms with Crippen LogP contribution in [-0.4, -0.2) is 52.2 Å². The van der Waals surface area contributed by atoms with Gasteiger partial charge in [0.2, 0.25) is 0 Å². The largest absolute Gasteiger partial charge is 0.428 e. The maximum atomic E-state index is 14.3. The van der Waals surface area contributed by atoms with Gasteiger partial charge in [-0.3, -0.25) is 4.55 Å². The van der Waals surface area contributed by atoms with Crippen molar-refractivity contribution < 1.29 is 73.7 Å². The highest BCUT2D eigenvalue weighted by Gasteiger charge is 2.85. The van der Waals surface area contributed by atoms with Gasteiger partial charge >= 0.3 is 22.4 Å². The second-order valence-electron chi connectivity index (χ2n) is 6.87. The van der Waals surface area contributed by atoms with Gasteiger partial charge in [0.15, 0.2) is 0 Å². The van der Waals surface area contributed by atoms with Gasteiger partial charge in [0, 0.05) is 0 Å². The van der Waals surface area contributed by atoms with Gasteiger partial charge in [0.05, 0.1) is 4.90 Å². The number of thioether (sulfide) groups is 1. The monoisotopic (exact) mass is 645 g/mol. The molecule has 0 saturated heterocycles. The Morgan fingerprint density at radius 3 is 1.74 bits per heavy atom. The molecule has 0 aliphatic rings. The van der Waals surface area contributed by atoms with Crippen LogP contribution in [0.5, 0.6) is 0 Å². The van der Waals surface area contributed by atoms with Crippen LogP contribution in [0.15, 0.2) is 57.2 Å². The minimum atomic E-state index is -7.67. The number of hydrogen-bond acceptors (Lipinski definition) is 7. The zero-order valence-electron chi connectivity index (χ0n) is 17.4. The molecule has 0 heterocycles. The lowest BCUT2D eigenvalue weighted by molar-refractivity contribution is -0.324. The summed E-state index contributed by atoms with van der Waals surface area (Å²) in [6.07, 6.45) is 0. The van der Waals surface area contributed by atoms with Gasteiger partial charge in [0.25, 0.3) is 30.2 Å². The Hall–Kier alpha value is -2.14. The summed E-state index contributed by atoms with van der Waals surface area (Å²) in [6.45, 7) is 0. The molecule has 214 valence electrons. The van der Waals surface area contributed by atoms with E-state index in [1.165, 1.54) is 0 Å². The van der Waals surface area contributed by atoms with Gasteiger partial charge in [0.1, 0.15) is 21.4 Å². The quantitative estimate of drug-likeness (QED) is 0.225. The number of rotatable bonds is 10. The summed E-state index contributed by atoms with van der Waals surface area (Å²) >= 11 is -1.88. The normalized spacial score (nSPS) is 14.5. The van der Waals surface area contributed by atoms with Gasteiger partial charge in [-0.15, -0.1) is 0 Å². The highest BCUT2D eigenvalue weighted by atomic mass is 32.3. The van der Waals surface area contributed by atoms with E-state index in [0.29, 0.717) is 6.07 Å². The first kappa shape index (κ1) is 32.1. The van der Waals surface area contributed by atoms with Crippen molar-refractivity contribution in [3.05, 3.63) is 54.1 Å². The van der Waals surface area contributed by atoms with Crippen LogP contribution < -0.4 is 4.13 Å². The molecule has 0 aliphatic carbocycles. The number of nitrogens with one attached hydrogen (secondary N) is 1. The lowest BCUT2D eigenvalue weighted by Crippen LogP contribution is -2.65. The summed E-state index contributed by atoms with van der Waals surface area (Å²) in [6, 6.07) is 1.96. The lowest BCUT2D eigenvalue weighted by Gasteiger charge is -2.35. The Balaban J connectivity index is 2.56. The molecular formula is C16H9F10NO7S4. The maximum Gasteiger partial charge on any atom is 0.428 e. The minimum Gasteiger partial charge on any atom is -0.282 e. The summed E-state index contributed by atoms with van der Waals surface area (Å²) in [5.41, 5.74) is 0. The number of alkyl halides is 8. The third-order valence-electron chi connectivity index (χ3n) is 4.23. The molecule has 8 nitrogen and oxygen atoms in total. The van der Waals surface area contributed by atoms with Gasteiger partial charge < -0.3 is 0 Å². The number of hydrogen-bond donors (Lipinski definition) is 2. The molecule has 0 aromatic heterocycles. The van der Waals surface area contributed by atoms with Crippen molar-refractivity contribution in [1.29, 1.82) is 0 Å². The number of sulfonamides is 2. The van der Waals surface area contributed by atoms with E-state index < -0.39 is 90.6 Å². The van der Waals surface area contributed by atoms with Crippen molar-refractivity contribution in [2.24, 2.45) is 0 Å². The van der Waals surface area contributed by atoms with Crippen molar-refractivity contribution in [2.75, 3.05) is 0 Å². The van der Waals surface area contributed by atoms with Crippen LogP contribution >= 0.6 is 11.8 Å². The molecule has 0 saturated carbocycles. The highest BCUT2D eigenvalue weighted by Crippen LogP contribution is 2.58. The van der Waals surface area contributed by atoms with Crippen LogP contribution in [0.1, 0.15) is 0 Å². The molecule has 0 spiro atoms. The zero-order chi connectivity index (χ0) is 29.8. The van der Waals surface area contributed by atoms with Crippen LogP contribution in [0.4, 0.5) is 43.9 Å². The molecule has 0 aliphatic heterocycles. The van der Waals surface area contributed by atoms with E-state index in [1.54, 1.807) is 0 Å². The zero-order valence-corrected chi connectivity index (χ0v) is 20.6. The van der Waals surface area contributed by atoms with Crippen LogP contribution in [-0.2, 0) is 30.2 Å². The Morgan fingerprint density at radius 2 is 1.24 bits per heavy atom. The molecule has 2 aromatic rings. The standard InChI is InChI=1S/C16H9F10NO7S4/c17-8-5-6-9(18)10(7-8)35-15(23,24)13(19,20)14(21,22)16(25,26)38(33,34)27-36(28,29)11-3-1-2-4-12(11)37(30,31)32/h1-7,27H,(H,30,31,32). The Labute approximate surface area is 210 Å². The van der Waals surface area contributed by atoms with Gasteiger partial charge in [-0.25, -0.2) is 25.6 Å². The summed E-state index contributed by atoms with van der Waals surface area (Å²) < 4.78 is 219. The molecule has 22 heteroatoms. The highest BCUT2D eigenvalue weighted by molar-refractivity contribution is 8.05. The van der Waals surface area contributed by atoms with Crippen molar-refractivity contribution in [1.82, 2.24) is 4.13 Å². The number of halogens is 10. The van der Waals surface area contributed by atoms with Gasteiger partial charge in [-0.1, -0.05) is 16.3 Å². The first-order valence-electron chi connectivity index (χ1n) is 8.82. The van der Waals surface area contributed by atoms with Crippen molar-refractivity contribution in [3.8, 4) is 0 Å². The molecule has 2 N–H and O–H groups in total. The molecule has 0 unspecified atom stereocenters. The van der Waals surface area contributed by atoms with E-state index in [1.807, 2.05) is 0 Å². The fraction of sp³-hybridized carbons (Fsp3) is 0.250. The first-order chi connectivity index (χ1) is 16.8. The molecule has 0 radical (unpaired) electrons. The van der Waals surface area contributed by atoms with Crippen LogP contribution in [0.25, 0.3) is 0 Å². The van der Waals surface area contributed by atoms with Gasteiger partial charge in [-0.2, -0.15) is 43.5 Å². The third-order valence-corrected chi connectivity index (χ3v) is 9.94. The van der Waals surface area contributed by atoms with Crippen LogP contribution in [0, 0.1) is 11.6 Å². The van der Waals surface area contributed by atoms with E-state index in [2.05, 4.69) is 0 Å². The average molecular weight is 645 g/mol. The molecule has 0 fully saturated rings. The molecule has 0 amide bonds. The van der Waals surface area contributed by atoms with E-state index in [9.17, 15) is 69.2 Å². The van der Waals surface area contributed by atoms with Crippen LogP contribution in [0.3, 0.4) is 0 Å². The smallest absolute Gasteiger partial charge is 0.282 e. The van der Waals surface area contributed by atoms with Crippen LogP contribution in [0.2, 0.25) is 0 Å². The molecule has 0 atom stereocenters. The predicted octanol–water partition coefficient (Wildman–Crippen LogP) is 4.07.